The van der Waals surface area contributed by atoms with E-state index in [0.717, 1.165) is 17.7 Å². The molecule has 1 atom stereocenters. The van der Waals surface area contributed by atoms with Gasteiger partial charge < -0.3 is 9.88 Å². The fourth-order valence-corrected chi connectivity index (χ4v) is 2.12. The van der Waals surface area contributed by atoms with E-state index in [0.29, 0.717) is 6.04 Å². The fourth-order valence-electron chi connectivity index (χ4n) is 2.12. The van der Waals surface area contributed by atoms with Crippen LogP contribution >= 0.6 is 0 Å². The van der Waals surface area contributed by atoms with Crippen LogP contribution in [0.4, 0.5) is 0 Å². The Morgan fingerprint density at radius 3 is 2.79 bits per heavy atom. The molecule has 0 saturated heterocycles. The smallest absolute Gasteiger partial charge is 0.0991 e. The first kappa shape index (κ1) is 13.4. The maximum atomic E-state index is 8.87. The van der Waals surface area contributed by atoms with Gasteiger partial charge in [0.25, 0.3) is 0 Å². The van der Waals surface area contributed by atoms with Gasteiger partial charge in [0.05, 0.1) is 11.6 Å². The number of rotatable bonds is 4. The van der Waals surface area contributed by atoms with Crippen LogP contribution in [0.2, 0.25) is 0 Å². The van der Waals surface area contributed by atoms with Gasteiger partial charge in [0, 0.05) is 25.0 Å². The largest absolute Gasteiger partial charge is 0.350 e. The molecule has 2 rings (SSSR count). The van der Waals surface area contributed by atoms with Crippen molar-refractivity contribution in [1.82, 2.24) is 9.88 Å². The summed E-state index contributed by atoms with van der Waals surface area (Å²) in [6, 6.07) is 10.5. The molecule has 0 aliphatic carbocycles. The Labute approximate surface area is 114 Å². The number of hydrogen-bond donors (Lipinski definition) is 1. The molecule has 0 aliphatic rings. The van der Waals surface area contributed by atoms with Crippen molar-refractivity contribution in [2.24, 2.45) is 0 Å². The van der Waals surface area contributed by atoms with E-state index in [4.69, 9.17) is 5.26 Å². The van der Waals surface area contributed by atoms with Gasteiger partial charge in [-0.3, -0.25) is 0 Å². The average Bonchev–Trinajstić information content (AvgIpc) is 2.88. The van der Waals surface area contributed by atoms with Crippen LogP contribution in [0.25, 0.3) is 0 Å². The van der Waals surface area contributed by atoms with Crippen LogP contribution in [-0.4, -0.2) is 11.6 Å². The zero-order valence-electron chi connectivity index (χ0n) is 11.6. The molecule has 0 radical (unpaired) electrons. The standard InChI is InChI=1S/C16H19N3/c1-12-8-14(9-17)4-5-15(12)10-19-7-6-16(11-19)13(2)18-3/h4-8,11,13,18H,10H2,1-3H3. The highest BCUT2D eigenvalue weighted by atomic mass is 14.9. The third kappa shape index (κ3) is 3.04. The molecule has 0 saturated carbocycles. The maximum Gasteiger partial charge on any atom is 0.0991 e. The van der Waals surface area contributed by atoms with Gasteiger partial charge >= 0.3 is 0 Å². The summed E-state index contributed by atoms with van der Waals surface area (Å²) in [7, 11) is 1.97. The molecule has 19 heavy (non-hydrogen) atoms. The Morgan fingerprint density at radius 1 is 1.37 bits per heavy atom. The quantitative estimate of drug-likeness (QED) is 0.910. The predicted molar refractivity (Wildman–Crippen MR) is 76.9 cm³/mol. The van der Waals surface area contributed by atoms with Crippen molar-refractivity contribution in [3.8, 4) is 6.07 Å². The van der Waals surface area contributed by atoms with Gasteiger partial charge in [-0.2, -0.15) is 5.26 Å². The van der Waals surface area contributed by atoms with Crippen LogP contribution in [0.5, 0.6) is 0 Å². The molecule has 2 aromatic rings. The van der Waals surface area contributed by atoms with E-state index in [-0.39, 0.29) is 0 Å². The molecule has 0 fully saturated rings. The average molecular weight is 253 g/mol. The third-order valence-corrected chi connectivity index (χ3v) is 3.53. The number of nitriles is 1. The van der Waals surface area contributed by atoms with E-state index in [1.165, 1.54) is 11.1 Å². The monoisotopic (exact) mass is 253 g/mol. The molecule has 98 valence electrons. The zero-order valence-corrected chi connectivity index (χ0v) is 11.6. The highest BCUT2D eigenvalue weighted by Gasteiger charge is 2.06. The summed E-state index contributed by atoms with van der Waals surface area (Å²) in [5, 5.41) is 12.1. The van der Waals surface area contributed by atoms with Gasteiger partial charge in [0.2, 0.25) is 0 Å². The number of nitrogens with one attached hydrogen (secondary N) is 1. The van der Waals surface area contributed by atoms with Crippen LogP contribution in [0.15, 0.2) is 36.7 Å². The summed E-state index contributed by atoms with van der Waals surface area (Å²) in [4.78, 5) is 0. The molecule has 1 aromatic carbocycles. The lowest BCUT2D eigenvalue weighted by Gasteiger charge is -2.09. The minimum absolute atomic E-state index is 0.364. The first-order valence-corrected chi connectivity index (χ1v) is 6.46. The molecule has 3 heteroatoms. The van der Waals surface area contributed by atoms with Crippen molar-refractivity contribution in [1.29, 1.82) is 5.26 Å². The van der Waals surface area contributed by atoms with E-state index in [1.54, 1.807) is 0 Å². The molecular formula is C16H19N3. The summed E-state index contributed by atoms with van der Waals surface area (Å²) < 4.78 is 2.18. The van der Waals surface area contributed by atoms with Crippen molar-refractivity contribution in [2.75, 3.05) is 7.05 Å². The second-order valence-corrected chi connectivity index (χ2v) is 4.88. The van der Waals surface area contributed by atoms with Gasteiger partial charge in [-0.05, 0) is 55.8 Å². The van der Waals surface area contributed by atoms with E-state index < -0.39 is 0 Å². The van der Waals surface area contributed by atoms with E-state index in [9.17, 15) is 0 Å². The van der Waals surface area contributed by atoms with Crippen LogP contribution in [0, 0.1) is 18.3 Å². The van der Waals surface area contributed by atoms with Crippen molar-refractivity contribution >= 4 is 0 Å². The summed E-state index contributed by atoms with van der Waals surface area (Å²) in [6.07, 6.45) is 4.26. The molecule has 0 bridgehead atoms. The molecule has 1 heterocycles. The zero-order chi connectivity index (χ0) is 13.8. The molecular weight excluding hydrogens is 234 g/mol. The van der Waals surface area contributed by atoms with Crippen LogP contribution in [0.1, 0.15) is 35.2 Å². The van der Waals surface area contributed by atoms with Gasteiger partial charge in [0.15, 0.2) is 0 Å². The van der Waals surface area contributed by atoms with E-state index >= 15 is 0 Å². The van der Waals surface area contributed by atoms with Crippen molar-refractivity contribution in [3.05, 3.63) is 58.9 Å². The van der Waals surface area contributed by atoms with Crippen molar-refractivity contribution in [2.45, 2.75) is 26.4 Å². The van der Waals surface area contributed by atoms with E-state index in [1.807, 2.05) is 25.2 Å². The summed E-state index contributed by atoms with van der Waals surface area (Å²) in [6.45, 7) is 5.04. The van der Waals surface area contributed by atoms with Gasteiger partial charge in [-0.1, -0.05) is 6.07 Å². The van der Waals surface area contributed by atoms with Gasteiger partial charge in [-0.25, -0.2) is 0 Å². The normalized spacial score (nSPS) is 12.1. The summed E-state index contributed by atoms with van der Waals surface area (Å²) in [5.41, 5.74) is 4.42. The number of aromatic nitrogens is 1. The van der Waals surface area contributed by atoms with Gasteiger partial charge in [-0.15, -0.1) is 0 Å². The third-order valence-electron chi connectivity index (χ3n) is 3.53. The second-order valence-electron chi connectivity index (χ2n) is 4.88. The molecule has 3 nitrogen and oxygen atoms in total. The Kier molecular flexibility index (Phi) is 4.03. The minimum atomic E-state index is 0.364. The first-order chi connectivity index (χ1) is 9.13. The number of aryl methyl sites for hydroxylation is 1. The number of benzene rings is 1. The molecule has 0 amide bonds. The number of hydrogen-bond acceptors (Lipinski definition) is 2. The Morgan fingerprint density at radius 2 is 2.16 bits per heavy atom. The topological polar surface area (TPSA) is 40.8 Å². The van der Waals surface area contributed by atoms with Crippen molar-refractivity contribution in [3.63, 3.8) is 0 Å². The van der Waals surface area contributed by atoms with Gasteiger partial charge in [0.1, 0.15) is 0 Å². The lowest BCUT2D eigenvalue weighted by atomic mass is 10.1. The van der Waals surface area contributed by atoms with Crippen LogP contribution in [0.3, 0.4) is 0 Å². The lowest BCUT2D eigenvalue weighted by Crippen LogP contribution is -2.11. The Hall–Kier alpha value is -2.05. The first-order valence-electron chi connectivity index (χ1n) is 6.46. The Balaban J connectivity index is 2.17. The highest BCUT2D eigenvalue weighted by Crippen LogP contribution is 2.16. The minimum Gasteiger partial charge on any atom is -0.350 e. The highest BCUT2D eigenvalue weighted by molar-refractivity contribution is 5.37. The molecule has 0 aliphatic heterocycles. The fraction of sp³-hybridized carbons (Fsp3) is 0.312. The molecule has 1 N–H and O–H groups in total. The molecule has 1 unspecified atom stereocenters. The SMILES string of the molecule is CNC(C)c1ccn(Cc2ccc(C#N)cc2C)c1. The lowest BCUT2D eigenvalue weighted by molar-refractivity contribution is 0.649. The summed E-state index contributed by atoms with van der Waals surface area (Å²) >= 11 is 0. The molecule has 0 spiro atoms. The van der Waals surface area contributed by atoms with E-state index in [2.05, 4.69) is 48.3 Å². The van der Waals surface area contributed by atoms with Crippen LogP contribution in [-0.2, 0) is 6.54 Å². The number of nitrogens with zero attached hydrogens (tertiary/aromatic N) is 2. The predicted octanol–water partition coefficient (Wildman–Crippen LogP) is 3.00. The summed E-state index contributed by atoms with van der Waals surface area (Å²) in [5.74, 6) is 0. The van der Waals surface area contributed by atoms with Crippen molar-refractivity contribution < 1.29 is 0 Å². The second kappa shape index (κ2) is 5.73. The maximum absolute atomic E-state index is 8.87. The van der Waals surface area contributed by atoms with Crippen LogP contribution < -0.4 is 5.32 Å². The Bertz CT molecular complexity index is 605. The molecule has 1 aromatic heterocycles.